The largest absolute Gasteiger partial charge is 0.339 e. The van der Waals surface area contributed by atoms with Gasteiger partial charge < -0.3 is 4.52 Å². The number of rotatable bonds is 7. The van der Waals surface area contributed by atoms with Gasteiger partial charge in [-0.1, -0.05) is 61.5 Å². The van der Waals surface area contributed by atoms with E-state index in [4.69, 9.17) is 4.52 Å². The van der Waals surface area contributed by atoms with Crippen LogP contribution < -0.4 is 0 Å². The van der Waals surface area contributed by atoms with Crippen molar-refractivity contribution in [3.8, 4) is 11.4 Å². The Kier molecular flexibility index (Phi) is 5.72. The van der Waals surface area contributed by atoms with Gasteiger partial charge in [0.15, 0.2) is 0 Å². The zero-order valence-electron chi connectivity index (χ0n) is 15.7. The Labute approximate surface area is 159 Å². The van der Waals surface area contributed by atoms with Crippen LogP contribution in [0.15, 0.2) is 57.9 Å². The minimum atomic E-state index is -3.66. The average Bonchev–Trinajstić information content (AvgIpc) is 3.16. The molecule has 3 rings (SSSR count). The number of sulfonamides is 1. The summed E-state index contributed by atoms with van der Waals surface area (Å²) in [5, 5.41) is 3.95. The molecule has 6 nitrogen and oxygen atoms in total. The van der Waals surface area contributed by atoms with Gasteiger partial charge in [-0.3, -0.25) is 0 Å². The molecule has 0 saturated carbocycles. The number of aryl methyl sites for hydroxylation is 2. The van der Waals surface area contributed by atoms with Crippen LogP contribution in [-0.2, 0) is 23.0 Å². The van der Waals surface area contributed by atoms with Gasteiger partial charge in [0.2, 0.25) is 21.7 Å². The number of hydrogen-bond acceptors (Lipinski definition) is 5. The number of aromatic nitrogens is 2. The summed E-state index contributed by atoms with van der Waals surface area (Å²) in [6, 6.07) is 14.8. The van der Waals surface area contributed by atoms with E-state index in [1.807, 2.05) is 50.2 Å². The van der Waals surface area contributed by atoms with E-state index in [9.17, 15) is 8.42 Å². The molecule has 0 spiro atoms. The Hall–Kier alpha value is -2.51. The molecule has 0 unspecified atom stereocenters. The molecule has 0 aliphatic rings. The predicted octanol–water partition coefficient (Wildman–Crippen LogP) is 3.82. The molecule has 0 fully saturated rings. The summed E-state index contributed by atoms with van der Waals surface area (Å²) in [6.45, 7) is 6.26. The normalized spacial score (nSPS) is 11.9. The predicted molar refractivity (Wildman–Crippen MR) is 104 cm³/mol. The van der Waals surface area contributed by atoms with E-state index in [2.05, 4.69) is 10.1 Å². The lowest BCUT2D eigenvalue weighted by atomic mass is 10.1. The summed E-state index contributed by atoms with van der Waals surface area (Å²) in [6.07, 6.45) is 0.630. The van der Waals surface area contributed by atoms with E-state index in [1.165, 1.54) is 4.31 Å². The summed E-state index contributed by atoms with van der Waals surface area (Å²) in [7, 11) is -3.66. The maximum Gasteiger partial charge on any atom is 0.243 e. The summed E-state index contributed by atoms with van der Waals surface area (Å²) < 4.78 is 33.2. The fourth-order valence-corrected chi connectivity index (χ4v) is 4.51. The summed E-state index contributed by atoms with van der Waals surface area (Å²) in [5.74, 6) is 0.920. The number of nitrogens with zero attached hydrogens (tertiary/aromatic N) is 3. The topological polar surface area (TPSA) is 76.3 Å². The van der Waals surface area contributed by atoms with E-state index in [-0.39, 0.29) is 4.90 Å². The molecule has 0 bridgehead atoms. The second kappa shape index (κ2) is 8.02. The van der Waals surface area contributed by atoms with Crippen LogP contribution in [0.25, 0.3) is 11.4 Å². The molecule has 1 heterocycles. The molecule has 0 radical (unpaired) electrons. The van der Waals surface area contributed by atoms with Crippen molar-refractivity contribution >= 4 is 10.0 Å². The molecule has 0 aliphatic heterocycles. The van der Waals surface area contributed by atoms with Crippen molar-refractivity contribution in [1.29, 1.82) is 0 Å². The minimum absolute atomic E-state index is 0.264. The van der Waals surface area contributed by atoms with E-state index in [0.717, 1.165) is 5.56 Å². The van der Waals surface area contributed by atoms with E-state index in [0.29, 0.717) is 42.4 Å². The Morgan fingerprint density at radius 1 is 1.07 bits per heavy atom. The van der Waals surface area contributed by atoms with Crippen LogP contribution in [0.3, 0.4) is 0 Å². The van der Waals surface area contributed by atoms with Crippen LogP contribution >= 0.6 is 0 Å². The molecule has 0 aliphatic carbocycles. The molecule has 27 heavy (non-hydrogen) atoms. The third-order valence-corrected chi connectivity index (χ3v) is 6.45. The van der Waals surface area contributed by atoms with Crippen molar-refractivity contribution in [2.45, 2.75) is 38.6 Å². The molecular weight excluding hydrogens is 362 g/mol. The van der Waals surface area contributed by atoms with Gasteiger partial charge in [-0.25, -0.2) is 8.42 Å². The molecular formula is C20H23N3O3S. The Morgan fingerprint density at radius 3 is 2.44 bits per heavy atom. The summed E-state index contributed by atoms with van der Waals surface area (Å²) >= 11 is 0. The lowest BCUT2D eigenvalue weighted by Gasteiger charge is -2.22. The van der Waals surface area contributed by atoms with Gasteiger partial charge in [-0.2, -0.15) is 9.29 Å². The Bertz CT molecular complexity index is 1010. The van der Waals surface area contributed by atoms with Gasteiger partial charge in [-0.15, -0.1) is 0 Å². The molecule has 0 N–H and O–H groups in total. The zero-order valence-corrected chi connectivity index (χ0v) is 16.5. The summed E-state index contributed by atoms with van der Waals surface area (Å²) in [4.78, 5) is 4.56. The monoisotopic (exact) mass is 385 g/mol. The minimum Gasteiger partial charge on any atom is -0.339 e. The third kappa shape index (κ3) is 4.09. The smallest absolute Gasteiger partial charge is 0.243 e. The molecule has 3 aromatic rings. The number of benzene rings is 2. The van der Waals surface area contributed by atoms with Gasteiger partial charge in [-0.05, 0) is 24.1 Å². The van der Waals surface area contributed by atoms with Crippen LogP contribution in [0, 0.1) is 6.92 Å². The van der Waals surface area contributed by atoms with Gasteiger partial charge in [0, 0.05) is 25.1 Å². The van der Waals surface area contributed by atoms with Crippen LogP contribution in [0.4, 0.5) is 0 Å². The molecule has 2 aromatic carbocycles. The molecule has 0 saturated heterocycles. The van der Waals surface area contributed by atoms with Crippen LogP contribution in [-0.4, -0.2) is 29.4 Å². The first kappa shape index (κ1) is 19.3. The molecule has 0 amide bonds. The fourth-order valence-electron chi connectivity index (χ4n) is 2.83. The highest BCUT2D eigenvalue weighted by atomic mass is 32.2. The van der Waals surface area contributed by atoms with Crippen molar-refractivity contribution in [2.75, 3.05) is 6.54 Å². The second-order valence-electron chi connectivity index (χ2n) is 6.26. The molecule has 142 valence electrons. The van der Waals surface area contributed by atoms with E-state index >= 15 is 0 Å². The molecule has 0 atom stereocenters. The zero-order chi connectivity index (χ0) is 19.4. The SMILES string of the molecule is CCc1nc(-c2ccc(C)c(S(=O)(=O)N(CC)Cc3ccccc3)c2)no1. The third-order valence-electron chi connectivity index (χ3n) is 4.39. The van der Waals surface area contributed by atoms with Crippen molar-refractivity contribution in [3.63, 3.8) is 0 Å². The maximum atomic E-state index is 13.3. The standard InChI is InChI=1S/C20H23N3O3S/c1-4-19-21-20(22-26-19)17-12-11-15(3)18(13-17)27(24,25)23(5-2)14-16-9-7-6-8-10-16/h6-13H,4-5,14H2,1-3H3. The van der Waals surface area contributed by atoms with E-state index < -0.39 is 10.0 Å². The average molecular weight is 385 g/mol. The molecule has 1 aromatic heterocycles. The van der Waals surface area contributed by atoms with Gasteiger partial charge in [0.05, 0.1) is 4.90 Å². The first-order valence-electron chi connectivity index (χ1n) is 8.93. The highest BCUT2D eigenvalue weighted by Crippen LogP contribution is 2.26. The van der Waals surface area contributed by atoms with Gasteiger partial charge in [0.1, 0.15) is 0 Å². The van der Waals surface area contributed by atoms with Crippen molar-refractivity contribution in [2.24, 2.45) is 0 Å². The first-order chi connectivity index (χ1) is 13.0. The first-order valence-corrected chi connectivity index (χ1v) is 10.4. The number of hydrogen-bond donors (Lipinski definition) is 0. The van der Waals surface area contributed by atoms with Crippen LogP contribution in [0.2, 0.25) is 0 Å². The highest BCUT2D eigenvalue weighted by Gasteiger charge is 2.26. The maximum absolute atomic E-state index is 13.3. The van der Waals surface area contributed by atoms with Gasteiger partial charge in [0.25, 0.3) is 0 Å². The second-order valence-corrected chi connectivity index (χ2v) is 8.17. The Morgan fingerprint density at radius 2 is 1.81 bits per heavy atom. The Balaban J connectivity index is 1.98. The highest BCUT2D eigenvalue weighted by molar-refractivity contribution is 7.89. The van der Waals surface area contributed by atoms with Crippen molar-refractivity contribution in [1.82, 2.24) is 14.4 Å². The quantitative estimate of drug-likeness (QED) is 0.618. The van der Waals surface area contributed by atoms with Crippen LogP contribution in [0.1, 0.15) is 30.9 Å². The molecule has 7 heteroatoms. The lowest BCUT2D eigenvalue weighted by molar-refractivity contribution is 0.383. The summed E-state index contributed by atoms with van der Waals surface area (Å²) in [5.41, 5.74) is 2.25. The van der Waals surface area contributed by atoms with Crippen molar-refractivity contribution < 1.29 is 12.9 Å². The van der Waals surface area contributed by atoms with Crippen LogP contribution in [0.5, 0.6) is 0 Å². The van der Waals surface area contributed by atoms with Gasteiger partial charge >= 0.3 is 0 Å². The fraction of sp³-hybridized carbons (Fsp3) is 0.300. The van der Waals surface area contributed by atoms with Crippen molar-refractivity contribution in [3.05, 3.63) is 65.5 Å². The van der Waals surface area contributed by atoms with E-state index in [1.54, 1.807) is 19.1 Å². The lowest BCUT2D eigenvalue weighted by Crippen LogP contribution is -2.31.